The van der Waals surface area contributed by atoms with Gasteiger partial charge in [0.05, 0.1) is 0 Å². The molecule has 0 bridgehead atoms. The Labute approximate surface area is 120 Å². The average molecular weight is 274 g/mol. The molecule has 0 amide bonds. The number of hydrogen-bond donors (Lipinski definition) is 1. The molecule has 20 heavy (non-hydrogen) atoms. The number of rotatable bonds is 4. The zero-order chi connectivity index (χ0) is 14.4. The van der Waals surface area contributed by atoms with E-state index in [1.165, 1.54) is 11.6 Å². The van der Waals surface area contributed by atoms with Crippen LogP contribution < -0.4 is 5.73 Å². The summed E-state index contributed by atoms with van der Waals surface area (Å²) in [6, 6.07) is 10.4. The van der Waals surface area contributed by atoms with Gasteiger partial charge < -0.3 is 10.5 Å². The van der Waals surface area contributed by atoms with E-state index in [1.54, 1.807) is 6.92 Å². The molecule has 1 fully saturated rings. The van der Waals surface area contributed by atoms with Gasteiger partial charge in [-0.25, -0.2) is 4.79 Å². The third-order valence-corrected chi connectivity index (χ3v) is 3.34. The van der Waals surface area contributed by atoms with Crippen LogP contribution >= 0.6 is 0 Å². The molecule has 1 atom stereocenters. The van der Waals surface area contributed by atoms with Crippen LogP contribution in [0, 0.1) is 0 Å². The number of carbonyl (C=O) groups is 1. The van der Waals surface area contributed by atoms with Gasteiger partial charge in [0, 0.05) is 24.9 Å². The van der Waals surface area contributed by atoms with Gasteiger partial charge in [-0.3, -0.25) is 4.90 Å². The summed E-state index contributed by atoms with van der Waals surface area (Å²) in [4.78, 5) is 13.9. The van der Waals surface area contributed by atoms with E-state index in [0.29, 0.717) is 5.70 Å². The first kappa shape index (κ1) is 14.6. The molecule has 0 saturated carbocycles. The smallest absolute Gasteiger partial charge is 0.332 e. The van der Waals surface area contributed by atoms with E-state index in [0.717, 1.165) is 32.5 Å². The lowest BCUT2D eigenvalue weighted by Gasteiger charge is -2.32. The number of nitrogens with two attached hydrogens (primary N) is 1. The van der Waals surface area contributed by atoms with E-state index >= 15 is 0 Å². The molecule has 0 spiro atoms. The predicted molar refractivity (Wildman–Crippen MR) is 78.8 cm³/mol. The summed E-state index contributed by atoms with van der Waals surface area (Å²) in [6.07, 6.45) is 3.29. The SMILES string of the molecule is C/C(N)=C/C(=O)OC1CCCN(Cc2ccccc2)C1. The minimum Gasteiger partial charge on any atom is -0.458 e. The molecular formula is C16H22N2O2. The summed E-state index contributed by atoms with van der Waals surface area (Å²) in [5, 5.41) is 0. The Balaban J connectivity index is 1.86. The lowest BCUT2D eigenvalue weighted by atomic mass is 10.1. The topological polar surface area (TPSA) is 55.6 Å². The molecule has 1 aromatic carbocycles. The van der Waals surface area contributed by atoms with Crippen molar-refractivity contribution in [3.8, 4) is 0 Å². The van der Waals surface area contributed by atoms with Crippen molar-refractivity contribution in [1.82, 2.24) is 4.90 Å². The highest BCUT2D eigenvalue weighted by Crippen LogP contribution is 2.16. The molecule has 1 aromatic rings. The largest absolute Gasteiger partial charge is 0.458 e. The first-order valence-corrected chi connectivity index (χ1v) is 7.04. The summed E-state index contributed by atoms with van der Waals surface area (Å²) < 4.78 is 5.43. The lowest BCUT2D eigenvalue weighted by molar-refractivity contribution is -0.145. The fraction of sp³-hybridized carbons (Fsp3) is 0.438. The average Bonchev–Trinajstić information content (AvgIpc) is 2.39. The van der Waals surface area contributed by atoms with Gasteiger partial charge in [0.1, 0.15) is 6.10 Å². The van der Waals surface area contributed by atoms with Gasteiger partial charge in [-0.15, -0.1) is 0 Å². The minimum absolute atomic E-state index is 0.0319. The van der Waals surface area contributed by atoms with E-state index < -0.39 is 0 Å². The number of ether oxygens (including phenoxy) is 1. The van der Waals surface area contributed by atoms with Crippen LogP contribution in [0.2, 0.25) is 0 Å². The number of carbonyl (C=O) groups excluding carboxylic acids is 1. The molecule has 0 aromatic heterocycles. The summed E-state index contributed by atoms with van der Waals surface area (Å²) in [5.74, 6) is -0.337. The van der Waals surface area contributed by atoms with E-state index in [-0.39, 0.29) is 12.1 Å². The maximum atomic E-state index is 11.6. The van der Waals surface area contributed by atoms with Crippen LogP contribution in [-0.4, -0.2) is 30.1 Å². The number of esters is 1. The molecule has 0 radical (unpaired) electrons. The summed E-state index contributed by atoms with van der Waals surface area (Å²) in [5.41, 5.74) is 7.25. The molecule has 1 aliphatic rings. The quantitative estimate of drug-likeness (QED) is 0.674. The summed E-state index contributed by atoms with van der Waals surface area (Å²) in [6.45, 7) is 4.43. The Morgan fingerprint density at radius 2 is 2.20 bits per heavy atom. The number of likely N-dealkylation sites (tertiary alicyclic amines) is 1. The predicted octanol–water partition coefficient (Wildman–Crippen LogP) is 2.06. The molecular weight excluding hydrogens is 252 g/mol. The van der Waals surface area contributed by atoms with Gasteiger partial charge in [0.25, 0.3) is 0 Å². The monoisotopic (exact) mass is 274 g/mol. The Bertz CT molecular complexity index is 467. The summed E-state index contributed by atoms with van der Waals surface area (Å²) >= 11 is 0. The fourth-order valence-corrected chi connectivity index (χ4v) is 2.48. The molecule has 2 N–H and O–H groups in total. The van der Waals surface area contributed by atoms with Gasteiger partial charge in [-0.1, -0.05) is 30.3 Å². The molecule has 1 saturated heterocycles. The van der Waals surface area contributed by atoms with Crippen molar-refractivity contribution in [2.24, 2.45) is 5.73 Å². The molecule has 2 rings (SSSR count). The second-order valence-electron chi connectivity index (χ2n) is 5.31. The molecule has 1 heterocycles. The Kier molecular flexibility index (Phi) is 5.18. The van der Waals surface area contributed by atoms with E-state index in [2.05, 4.69) is 17.0 Å². The van der Waals surface area contributed by atoms with Crippen molar-refractivity contribution in [2.45, 2.75) is 32.4 Å². The van der Waals surface area contributed by atoms with Gasteiger partial charge in [-0.05, 0) is 31.9 Å². The Morgan fingerprint density at radius 1 is 1.45 bits per heavy atom. The highest BCUT2D eigenvalue weighted by molar-refractivity contribution is 5.82. The molecule has 108 valence electrons. The zero-order valence-electron chi connectivity index (χ0n) is 11.9. The third-order valence-electron chi connectivity index (χ3n) is 3.34. The first-order chi connectivity index (χ1) is 9.63. The van der Waals surface area contributed by atoms with Crippen LogP contribution in [0.1, 0.15) is 25.3 Å². The van der Waals surface area contributed by atoms with Crippen molar-refractivity contribution in [1.29, 1.82) is 0 Å². The standard InChI is InChI=1S/C16H22N2O2/c1-13(17)10-16(19)20-15-8-5-9-18(12-15)11-14-6-3-2-4-7-14/h2-4,6-7,10,15H,5,8-9,11-12,17H2,1H3/b13-10-. The fourth-order valence-electron chi connectivity index (χ4n) is 2.48. The Hall–Kier alpha value is -1.81. The molecule has 1 unspecified atom stereocenters. The number of benzene rings is 1. The third kappa shape index (κ3) is 4.70. The number of piperidine rings is 1. The molecule has 1 aliphatic heterocycles. The van der Waals surface area contributed by atoms with Crippen LogP contribution in [0.25, 0.3) is 0 Å². The molecule has 4 nitrogen and oxygen atoms in total. The van der Waals surface area contributed by atoms with E-state index in [1.807, 2.05) is 18.2 Å². The number of nitrogens with zero attached hydrogens (tertiary/aromatic N) is 1. The van der Waals surface area contributed by atoms with E-state index in [4.69, 9.17) is 10.5 Å². The second kappa shape index (κ2) is 7.10. The van der Waals surface area contributed by atoms with Crippen molar-refractivity contribution in [3.05, 3.63) is 47.7 Å². The van der Waals surface area contributed by atoms with Gasteiger partial charge >= 0.3 is 5.97 Å². The normalized spacial score (nSPS) is 20.6. The Morgan fingerprint density at radius 3 is 2.90 bits per heavy atom. The maximum absolute atomic E-state index is 11.6. The highest BCUT2D eigenvalue weighted by atomic mass is 16.5. The zero-order valence-corrected chi connectivity index (χ0v) is 11.9. The van der Waals surface area contributed by atoms with Crippen molar-refractivity contribution in [2.75, 3.05) is 13.1 Å². The maximum Gasteiger partial charge on any atom is 0.332 e. The van der Waals surface area contributed by atoms with Gasteiger partial charge in [0.2, 0.25) is 0 Å². The lowest BCUT2D eigenvalue weighted by Crippen LogP contribution is -2.40. The van der Waals surface area contributed by atoms with Crippen molar-refractivity contribution < 1.29 is 9.53 Å². The van der Waals surface area contributed by atoms with Crippen LogP contribution in [0.4, 0.5) is 0 Å². The first-order valence-electron chi connectivity index (χ1n) is 7.04. The van der Waals surface area contributed by atoms with Crippen molar-refractivity contribution in [3.63, 3.8) is 0 Å². The number of allylic oxidation sites excluding steroid dienone is 1. The van der Waals surface area contributed by atoms with Crippen LogP contribution in [0.5, 0.6) is 0 Å². The highest BCUT2D eigenvalue weighted by Gasteiger charge is 2.22. The summed E-state index contributed by atoms with van der Waals surface area (Å²) in [7, 11) is 0. The van der Waals surface area contributed by atoms with Crippen LogP contribution in [0.15, 0.2) is 42.1 Å². The van der Waals surface area contributed by atoms with E-state index in [9.17, 15) is 4.79 Å². The molecule has 4 heteroatoms. The minimum atomic E-state index is -0.337. The van der Waals surface area contributed by atoms with Crippen LogP contribution in [0.3, 0.4) is 0 Å². The van der Waals surface area contributed by atoms with Gasteiger partial charge in [-0.2, -0.15) is 0 Å². The van der Waals surface area contributed by atoms with Gasteiger partial charge in [0.15, 0.2) is 0 Å². The number of hydrogen-bond acceptors (Lipinski definition) is 4. The molecule has 0 aliphatic carbocycles. The van der Waals surface area contributed by atoms with Crippen LogP contribution in [-0.2, 0) is 16.1 Å². The second-order valence-corrected chi connectivity index (χ2v) is 5.31. The van der Waals surface area contributed by atoms with Crippen molar-refractivity contribution >= 4 is 5.97 Å².